The van der Waals surface area contributed by atoms with Crippen LogP contribution in [0.3, 0.4) is 0 Å². The first-order chi connectivity index (χ1) is 18.9. The number of carbonyl (C=O) groups is 2. The molecule has 4 rings (SSSR count). The van der Waals surface area contributed by atoms with Gasteiger partial charge in [-0.25, -0.2) is 9.78 Å². The Bertz CT molecular complexity index is 1570. The SMILES string of the molecule is CC(=O)Nc1ccc([As](=O)(O)O)c(O)c1.CCOC(=O)c1cccc(Nc2nc(-c3cccc(Cl)c3)c(C)s2)c1. The number of amides is 1. The van der Waals surface area contributed by atoms with Crippen molar-refractivity contribution in [2.75, 3.05) is 17.2 Å². The zero-order chi connectivity index (χ0) is 29.4. The average molecular weight is 648 g/mol. The minimum atomic E-state index is -5.09. The van der Waals surface area contributed by atoms with E-state index >= 15 is 0 Å². The summed E-state index contributed by atoms with van der Waals surface area (Å²) in [7, 11) is 0. The van der Waals surface area contributed by atoms with Crippen molar-refractivity contribution in [3.05, 3.63) is 82.2 Å². The predicted octanol–water partition coefficient (Wildman–Crippen LogP) is 4.60. The topological polar surface area (TPSA) is 158 Å². The second-order valence-corrected chi connectivity index (χ2v) is 13.2. The van der Waals surface area contributed by atoms with E-state index in [2.05, 4.69) is 15.6 Å². The number of ether oxygens (including phenoxy) is 1. The van der Waals surface area contributed by atoms with Gasteiger partial charge in [0.1, 0.15) is 0 Å². The van der Waals surface area contributed by atoms with Gasteiger partial charge in [0.15, 0.2) is 5.13 Å². The van der Waals surface area contributed by atoms with Crippen LogP contribution in [0.1, 0.15) is 29.1 Å². The number of nitrogens with zero attached hydrogens (tertiary/aromatic N) is 1. The molecule has 5 N–H and O–H groups in total. The van der Waals surface area contributed by atoms with Crippen LogP contribution in [0, 0.1) is 6.92 Å². The van der Waals surface area contributed by atoms with Crippen molar-refractivity contribution >= 4 is 69.8 Å². The third kappa shape index (κ3) is 8.70. The molecule has 0 unspecified atom stereocenters. The summed E-state index contributed by atoms with van der Waals surface area (Å²) < 4.78 is 33.3. The number of esters is 1. The molecule has 0 saturated carbocycles. The van der Waals surface area contributed by atoms with Gasteiger partial charge in [0.05, 0.1) is 17.9 Å². The number of aromatic nitrogens is 1. The van der Waals surface area contributed by atoms with E-state index in [9.17, 15) is 18.4 Å². The Morgan fingerprint density at radius 1 is 1.05 bits per heavy atom. The normalized spacial score (nSPS) is 10.8. The smallest absolute Gasteiger partial charge is 0.338 e. The number of phenolic OH excluding ortho intramolecular Hbond substituents is 1. The third-order valence-electron chi connectivity index (χ3n) is 5.13. The molecule has 1 amide bonds. The number of benzene rings is 3. The third-order valence-corrected chi connectivity index (χ3v) is 8.36. The molecule has 40 heavy (non-hydrogen) atoms. The van der Waals surface area contributed by atoms with Gasteiger partial charge in [0, 0.05) is 21.2 Å². The maximum absolute atomic E-state index is 11.8. The van der Waals surface area contributed by atoms with Crippen LogP contribution in [0.5, 0.6) is 5.75 Å². The average Bonchev–Trinajstić information content (AvgIpc) is 3.23. The van der Waals surface area contributed by atoms with Gasteiger partial charge in [0.2, 0.25) is 0 Å². The molecule has 0 aliphatic rings. The molecule has 0 saturated heterocycles. The molecule has 0 fully saturated rings. The Hall–Kier alpha value is -3.60. The number of carbonyl (C=O) groups excluding carboxylic acids is 2. The summed E-state index contributed by atoms with van der Waals surface area (Å²) in [6, 6.07) is 18.3. The number of rotatable bonds is 7. The van der Waals surface area contributed by atoms with Gasteiger partial charge in [-0.3, -0.25) is 0 Å². The molecule has 0 radical (unpaired) electrons. The molecule has 0 aliphatic carbocycles. The van der Waals surface area contributed by atoms with Crippen LogP contribution in [0.2, 0.25) is 5.02 Å². The van der Waals surface area contributed by atoms with E-state index in [1.807, 2.05) is 43.3 Å². The molecule has 3 aromatic carbocycles. The largest absolute Gasteiger partial charge is 0.462 e. The second kappa shape index (κ2) is 13.6. The number of thiazole rings is 1. The monoisotopic (exact) mass is 647 g/mol. The van der Waals surface area contributed by atoms with Gasteiger partial charge in [-0.05, 0) is 44.2 Å². The Morgan fingerprint density at radius 3 is 2.40 bits per heavy atom. The molecule has 0 aliphatic heterocycles. The Morgan fingerprint density at radius 2 is 1.77 bits per heavy atom. The van der Waals surface area contributed by atoms with Crippen LogP contribution < -0.4 is 15.0 Å². The van der Waals surface area contributed by atoms with E-state index in [1.165, 1.54) is 13.0 Å². The van der Waals surface area contributed by atoms with E-state index in [0.29, 0.717) is 17.2 Å². The van der Waals surface area contributed by atoms with Crippen LogP contribution in [-0.2, 0) is 13.3 Å². The molecule has 210 valence electrons. The van der Waals surface area contributed by atoms with Gasteiger partial charge in [0.25, 0.3) is 0 Å². The number of phenols is 1. The summed E-state index contributed by atoms with van der Waals surface area (Å²) in [6.45, 7) is 5.45. The Balaban J connectivity index is 0.000000252. The zero-order valence-corrected chi connectivity index (χ0v) is 25.2. The van der Waals surface area contributed by atoms with Gasteiger partial charge < -0.3 is 10.1 Å². The maximum atomic E-state index is 11.8. The molecule has 0 atom stereocenters. The summed E-state index contributed by atoms with van der Waals surface area (Å²) in [5.41, 5.74) is 3.46. The van der Waals surface area contributed by atoms with Crippen molar-refractivity contribution in [3.8, 4) is 17.0 Å². The van der Waals surface area contributed by atoms with E-state index in [0.717, 1.165) is 39.1 Å². The second-order valence-electron chi connectivity index (χ2n) is 8.29. The Labute approximate surface area is 242 Å². The first-order valence-corrected chi connectivity index (χ1v) is 16.4. The van der Waals surface area contributed by atoms with E-state index in [4.69, 9.17) is 24.5 Å². The van der Waals surface area contributed by atoms with Crippen molar-refractivity contribution in [1.82, 2.24) is 4.98 Å². The number of nitrogens with one attached hydrogen (secondary N) is 2. The molecule has 4 aromatic rings. The number of aromatic hydroxyl groups is 1. The number of anilines is 3. The van der Waals surface area contributed by atoms with Crippen LogP contribution >= 0.6 is 22.9 Å². The van der Waals surface area contributed by atoms with Gasteiger partial charge in [-0.15, -0.1) is 11.3 Å². The molecular formula is C27H27AsClN3O7S. The number of halogens is 1. The molecule has 1 aromatic heterocycles. The molecular weight excluding hydrogens is 621 g/mol. The van der Waals surface area contributed by atoms with Crippen LogP contribution in [0.25, 0.3) is 11.3 Å². The number of aryl methyl sites for hydroxylation is 1. The van der Waals surface area contributed by atoms with Gasteiger partial charge in [-0.2, -0.15) is 0 Å². The van der Waals surface area contributed by atoms with Crippen molar-refractivity contribution in [2.24, 2.45) is 0 Å². The molecule has 0 bridgehead atoms. The van der Waals surface area contributed by atoms with Crippen LogP contribution in [0.4, 0.5) is 16.5 Å². The summed E-state index contributed by atoms with van der Waals surface area (Å²) in [4.78, 5) is 28.3. The van der Waals surface area contributed by atoms with Crippen molar-refractivity contribution in [2.45, 2.75) is 20.8 Å². The first-order valence-electron chi connectivity index (χ1n) is 11.8. The minimum Gasteiger partial charge on any atom is -0.462 e. The summed E-state index contributed by atoms with van der Waals surface area (Å²) >= 11 is 2.54. The van der Waals surface area contributed by atoms with Crippen LogP contribution in [0.15, 0.2) is 66.7 Å². The van der Waals surface area contributed by atoms with Crippen molar-refractivity contribution < 1.29 is 31.4 Å². The maximum Gasteiger partial charge on any atom is 0.338 e. The predicted molar refractivity (Wildman–Crippen MR) is 156 cm³/mol. The van der Waals surface area contributed by atoms with Crippen LogP contribution in [-0.4, -0.2) is 50.9 Å². The molecule has 13 heteroatoms. The van der Waals surface area contributed by atoms with Gasteiger partial charge >= 0.3 is 94.1 Å². The fraction of sp³-hybridized carbons (Fsp3) is 0.148. The zero-order valence-electron chi connectivity index (χ0n) is 21.7. The summed E-state index contributed by atoms with van der Waals surface area (Å²) in [5.74, 6) is -1.18. The van der Waals surface area contributed by atoms with Gasteiger partial charge in [-0.1, -0.05) is 29.8 Å². The summed E-state index contributed by atoms with van der Waals surface area (Å²) in [6.07, 6.45) is 0. The molecule has 1 heterocycles. The van der Waals surface area contributed by atoms with E-state index in [-0.39, 0.29) is 17.6 Å². The first kappa shape index (κ1) is 30.9. The number of hydrogen-bond donors (Lipinski definition) is 5. The van der Waals surface area contributed by atoms with E-state index in [1.54, 1.807) is 30.4 Å². The standard InChI is InChI=1S/C19H17ClN2O2S.C8H10AsNO5/c1-3-24-18(23)14-7-5-9-16(11-14)21-19-22-17(12(2)25-19)13-6-4-8-15(20)10-13;1-5(11)10-6-2-3-7(8(12)4-6)9(13,14)15/h4-11H,3H2,1-2H3,(H,21,22);2-4,12H,1H3,(H,10,11)(H2,13,14,15). The summed E-state index contributed by atoms with van der Waals surface area (Å²) in [5, 5.41) is 16.4. The number of hydrogen-bond acceptors (Lipinski definition) is 8. The van der Waals surface area contributed by atoms with Crippen molar-refractivity contribution in [1.29, 1.82) is 0 Å². The fourth-order valence-corrected chi connectivity index (χ4v) is 5.84. The van der Waals surface area contributed by atoms with Crippen molar-refractivity contribution in [3.63, 3.8) is 0 Å². The Kier molecular flexibility index (Phi) is 10.6. The quantitative estimate of drug-likeness (QED) is 0.143. The fourth-order valence-electron chi connectivity index (χ4n) is 3.47. The van der Waals surface area contributed by atoms with E-state index < -0.39 is 24.3 Å². The molecule has 0 spiro atoms. The minimum absolute atomic E-state index is 0.285. The molecule has 10 nitrogen and oxygen atoms in total.